The second kappa shape index (κ2) is 6.63. The fourth-order valence-electron chi connectivity index (χ4n) is 0.988. The van der Waals surface area contributed by atoms with E-state index in [2.05, 4.69) is 5.32 Å². The summed E-state index contributed by atoms with van der Waals surface area (Å²) in [7, 11) is 1.81. The highest BCUT2D eigenvalue weighted by Gasteiger charge is 2.21. The second-order valence-corrected chi connectivity index (χ2v) is 4.29. The number of aliphatic hydroxyl groups is 1. The Labute approximate surface area is 91.4 Å². The lowest BCUT2D eigenvalue weighted by atomic mass is 10.2. The molecule has 0 atom stereocenters. The third-order valence-electron chi connectivity index (χ3n) is 1.65. The summed E-state index contributed by atoms with van der Waals surface area (Å²) in [5.74, 6) is 0. The highest BCUT2D eigenvalue weighted by molar-refractivity contribution is 5.68. The van der Waals surface area contributed by atoms with Gasteiger partial charge in [-0.2, -0.15) is 0 Å². The van der Waals surface area contributed by atoms with Crippen LogP contribution < -0.4 is 5.32 Å². The van der Waals surface area contributed by atoms with E-state index in [1.807, 2.05) is 27.8 Å². The van der Waals surface area contributed by atoms with E-state index >= 15 is 0 Å². The summed E-state index contributed by atoms with van der Waals surface area (Å²) in [5, 5.41) is 11.8. The Kier molecular flexibility index (Phi) is 6.27. The van der Waals surface area contributed by atoms with Crippen LogP contribution >= 0.6 is 0 Å². The SMILES string of the molecule is CNCCN(CCO)C(=O)OC(C)(C)C. The van der Waals surface area contributed by atoms with Crippen molar-refractivity contribution < 1.29 is 14.6 Å². The van der Waals surface area contributed by atoms with E-state index in [4.69, 9.17) is 9.84 Å². The molecular formula is C10H22N2O3. The molecule has 0 aliphatic carbocycles. The monoisotopic (exact) mass is 218 g/mol. The van der Waals surface area contributed by atoms with Gasteiger partial charge in [0.25, 0.3) is 0 Å². The van der Waals surface area contributed by atoms with E-state index in [1.54, 1.807) is 0 Å². The Hall–Kier alpha value is -0.810. The molecule has 0 unspecified atom stereocenters. The summed E-state index contributed by atoms with van der Waals surface area (Å²) in [4.78, 5) is 13.1. The molecule has 0 aromatic carbocycles. The van der Waals surface area contributed by atoms with Crippen molar-refractivity contribution in [1.82, 2.24) is 10.2 Å². The van der Waals surface area contributed by atoms with Crippen molar-refractivity contribution in [3.63, 3.8) is 0 Å². The number of ether oxygens (including phenoxy) is 1. The molecule has 0 bridgehead atoms. The maximum Gasteiger partial charge on any atom is 0.410 e. The minimum Gasteiger partial charge on any atom is -0.444 e. The summed E-state index contributed by atoms with van der Waals surface area (Å²) in [6.45, 7) is 6.92. The molecule has 1 amide bonds. The Balaban J connectivity index is 4.15. The molecule has 0 saturated heterocycles. The first-order valence-electron chi connectivity index (χ1n) is 5.14. The van der Waals surface area contributed by atoms with Crippen LogP contribution in [0, 0.1) is 0 Å². The molecule has 15 heavy (non-hydrogen) atoms. The third-order valence-corrected chi connectivity index (χ3v) is 1.65. The molecule has 0 heterocycles. The minimum absolute atomic E-state index is 0.0526. The summed E-state index contributed by atoms with van der Waals surface area (Å²) < 4.78 is 5.20. The number of carbonyl (C=O) groups is 1. The van der Waals surface area contributed by atoms with Crippen LogP contribution in [0.15, 0.2) is 0 Å². The predicted molar refractivity (Wildman–Crippen MR) is 58.8 cm³/mol. The highest BCUT2D eigenvalue weighted by Crippen LogP contribution is 2.09. The normalized spacial score (nSPS) is 11.3. The van der Waals surface area contributed by atoms with Crippen LogP contribution in [0.5, 0.6) is 0 Å². The molecule has 0 aliphatic heterocycles. The number of hydrogen-bond donors (Lipinski definition) is 2. The maximum atomic E-state index is 11.6. The number of likely N-dealkylation sites (N-methyl/N-ethyl adjacent to an activating group) is 1. The number of carbonyl (C=O) groups excluding carboxylic acids is 1. The number of rotatable bonds is 5. The fraction of sp³-hybridized carbons (Fsp3) is 0.900. The van der Waals surface area contributed by atoms with Crippen LogP contribution in [-0.4, -0.2) is 55.0 Å². The lowest BCUT2D eigenvalue weighted by Gasteiger charge is -2.26. The van der Waals surface area contributed by atoms with Crippen molar-refractivity contribution in [2.24, 2.45) is 0 Å². The zero-order chi connectivity index (χ0) is 11.9. The van der Waals surface area contributed by atoms with Gasteiger partial charge < -0.3 is 20.1 Å². The van der Waals surface area contributed by atoms with Gasteiger partial charge in [-0.05, 0) is 27.8 Å². The van der Waals surface area contributed by atoms with E-state index < -0.39 is 5.60 Å². The van der Waals surface area contributed by atoms with Crippen molar-refractivity contribution in [2.75, 3.05) is 33.3 Å². The Morgan fingerprint density at radius 1 is 1.40 bits per heavy atom. The number of aliphatic hydroxyl groups excluding tert-OH is 1. The molecular weight excluding hydrogens is 196 g/mol. The van der Waals surface area contributed by atoms with Crippen LogP contribution in [0.25, 0.3) is 0 Å². The van der Waals surface area contributed by atoms with Gasteiger partial charge in [-0.1, -0.05) is 0 Å². The molecule has 0 fully saturated rings. The molecule has 0 aromatic heterocycles. The highest BCUT2D eigenvalue weighted by atomic mass is 16.6. The van der Waals surface area contributed by atoms with E-state index in [9.17, 15) is 4.79 Å². The molecule has 0 radical (unpaired) electrons. The van der Waals surface area contributed by atoms with Crippen LogP contribution in [0.4, 0.5) is 4.79 Å². The summed E-state index contributed by atoms with van der Waals surface area (Å²) in [6, 6.07) is 0. The first kappa shape index (κ1) is 14.2. The zero-order valence-corrected chi connectivity index (χ0v) is 10.0. The number of amides is 1. The number of nitrogens with one attached hydrogen (secondary N) is 1. The van der Waals surface area contributed by atoms with Crippen LogP contribution in [-0.2, 0) is 4.74 Å². The maximum absolute atomic E-state index is 11.6. The Bertz CT molecular complexity index is 190. The number of nitrogens with zero attached hydrogens (tertiary/aromatic N) is 1. The lowest BCUT2D eigenvalue weighted by Crippen LogP contribution is -2.41. The molecule has 5 nitrogen and oxygen atoms in total. The van der Waals surface area contributed by atoms with Gasteiger partial charge >= 0.3 is 6.09 Å². The fourth-order valence-corrected chi connectivity index (χ4v) is 0.988. The van der Waals surface area contributed by atoms with Gasteiger partial charge in [0.2, 0.25) is 0 Å². The molecule has 5 heteroatoms. The first-order valence-corrected chi connectivity index (χ1v) is 5.14. The van der Waals surface area contributed by atoms with Crippen molar-refractivity contribution in [1.29, 1.82) is 0 Å². The van der Waals surface area contributed by atoms with Crippen molar-refractivity contribution in [2.45, 2.75) is 26.4 Å². The molecule has 0 saturated carbocycles. The van der Waals surface area contributed by atoms with Gasteiger partial charge in [0, 0.05) is 19.6 Å². The summed E-state index contributed by atoms with van der Waals surface area (Å²) >= 11 is 0. The van der Waals surface area contributed by atoms with Crippen LogP contribution in [0.2, 0.25) is 0 Å². The molecule has 90 valence electrons. The van der Waals surface area contributed by atoms with Crippen LogP contribution in [0.3, 0.4) is 0 Å². The van der Waals surface area contributed by atoms with Crippen LogP contribution in [0.1, 0.15) is 20.8 Å². The average Bonchev–Trinajstić information content (AvgIpc) is 2.09. The standard InChI is InChI=1S/C10H22N2O3/c1-10(2,3)15-9(14)12(7-8-13)6-5-11-4/h11,13H,5-8H2,1-4H3. The zero-order valence-electron chi connectivity index (χ0n) is 10.0. The molecule has 2 N–H and O–H groups in total. The van der Waals surface area contributed by atoms with E-state index in [0.717, 1.165) is 0 Å². The van der Waals surface area contributed by atoms with Gasteiger partial charge in [-0.3, -0.25) is 0 Å². The molecule has 0 aromatic rings. The lowest BCUT2D eigenvalue weighted by molar-refractivity contribution is 0.0222. The molecule has 0 rings (SSSR count). The van der Waals surface area contributed by atoms with E-state index in [0.29, 0.717) is 19.6 Å². The third kappa shape index (κ3) is 7.16. The van der Waals surface area contributed by atoms with E-state index in [-0.39, 0.29) is 12.7 Å². The van der Waals surface area contributed by atoms with Crippen molar-refractivity contribution in [3.8, 4) is 0 Å². The van der Waals surface area contributed by atoms with Gasteiger partial charge in [0.05, 0.1) is 6.61 Å². The second-order valence-electron chi connectivity index (χ2n) is 4.29. The Morgan fingerprint density at radius 3 is 2.40 bits per heavy atom. The summed E-state index contributed by atoms with van der Waals surface area (Å²) in [5.41, 5.74) is -0.496. The molecule has 0 spiro atoms. The van der Waals surface area contributed by atoms with Crippen molar-refractivity contribution in [3.05, 3.63) is 0 Å². The summed E-state index contributed by atoms with van der Waals surface area (Å²) in [6.07, 6.45) is -0.383. The smallest absolute Gasteiger partial charge is 0.410 e. The van der Waals surface area contributed by atoms with E-state index in [1.165, 1.54) is 4.90 Å². The first-order chi connectivity index (χ1) is 6.90. The Morgan fingerprint density at radius 2 is 2.00 bits per heavy atom. The predicted octanol–water partition coefficient (Wildman–Crippen LogP) is 0.435. The number of hydrogen-bond acceptors (Lipinski definition) is 4. The van der Waals surface area contributed by atoms with Crippen molar-refractivity contribution >= 4 is 6.09 Å². The molecule has 0 aliphatic rings. The van der Waals surface area contributed by atoms with Gasteiger partial charge in [-0.25, -0.2) is 4.79 Å². The largest absolute Gasteiger partial charge is 0.444 e. The average molecular weight is 218 g/mol. The quantitative estimate of drug-likeness (QED) is 0.702. The van der Waals surface area contributed by atoms with Gasteiger partial charge in [0.15, 0.2) is 0 Å². The minimum atomic E-state index is -0.496. The van der Waals surface area contributed by atoms with Gasteiger partial charge in [-0.15, -0.1) is 0 Å². The van der Waals surface area contributed by atoms with Gasteiger partial charge in [0.1, 0.15) is 5.60 Å². The topological polar surface area (TPSA) is 61.8 Å².